The van der Waals surface area contributed by atoms with Crippen LogP contribution in [0.3, 0.4) is 0 Å². The van der Waals surface area contributed by atoms with Gasteiger partial charge in [-0.2, -0.15) is 0 Å². The van der Waals surface area contributed by atoms with Gasteiger partial charge in [0.25, 0.3) is 11.4 Å². The molecule has 0 saturated carbocycles. The largest absolute Gasteiger partial charge is 0.497 e. The van der Waals surface area contributed by atoms with E-state index in [0.717, 1.165) is 24.5 Å². The smallest absolute Gasteiger partial charge is 0.299 e. The lowest BCUT2D eigenvalue weighted by atomic mass is 10.0. The summed E-state index contributed by atoms with van der Waals surface area (Å²) in [6.45, 7) is 0.601. The minimum Gasteiger partial charge on any atom is -0.497 e. The first-order valence-corrected chi connectivity index (χ1v) is 8.37. The van der Waals surface area contributed by atoms with Crippen LogP contribution in [-0.2, 0) is 0 Å². The van der Waals surface area contributed by atoms with Crippen molar-refractivity contribution in [2.45, 2.75) is 18.9 Å². The van der Waals surface area contributed by atoms with Crippen molar-refractivity contribution in [1.29, 1.82) is 0 Å². The highest BCUT2D eigenvalue weighted by Crippen LogP contribution is 2.44. The molecule has 9 heteroatoms. The van der Waals surface area contributed by atoms with Crippen molar-refractivity contribution in [3.8, 4) is 11.5 Å². The summed E-state index contributed by atoms with van der Waals surface area (Å²) in [6.07, 6.45) is 1.61. The molecule has 1 aliphatic rings. The second kappa shape index (κ2) is 7.48. The van der Waals surface area contributed by atoms with Gasteiger partial charge < -0.3 is 14.4 Å². The number of hydrogen-bond acceptors (Lipinski definition) is 7. The third kappa shape index (κ3) is 3.48. The molecular formula is C18H19N3O6. The highest BCUT2D eigenvalue weighted by molar-refractivity contribution is 5.68. The standard InChI is InChI=1S/C18H19N3O6/c1-26-13-6-8-18(27-2)14(11-13)15-4-3-9-19(15)16-7-5-12(20(22)23)10-17(16)21(24)25/h5-8,10-11,15H,3-4,9H2,1-2H3/t15-/m1/s1. The second-order valence-corrected chi connectivity index (χ2v) is 6.15. The fraction of sp³-hybridized carbons (Fsp3) is 0.333. The highest BCUT2D eigenvalue weighted by Gasteiger charge is 2.33. The molecule has 0 unspecified atom stereocenters. The van der Waals surface area contributed by atoms with Gasteiger partial charge in [-0.1, -0.05) is 0 Å². The third-order valence-corrected chi connectivity index (χ3v) is 4.72. The fourth-order valence-electron chi connectivity index (χ4n) is 3.49. The summed E-state index contributed by atoms with van der Waals surface area (Å²) in [6, 6.07) is 9.04. The topological polar surface area (TPSA) is 108 Å². The van der Waals surface area contributed by atoms with Gasteiger partial charge in [-0.3, -0.25) is 20.2 Å². The van der Waals surface area contributed by atoms with Gasteiger partial charge in [-0.05, 0) is 37.1 Å². The van der Waals surface area contributed by atoms with E-state index in [2.05, 4.69) is 0 Å². The number of rotatable bonds is 6. The lowest BCUT2D eigenvalue weighted by Crippen LogP contribution is -2.24. The first-order chi connectivity index (χ1) is 13.0. The summed E-state index contributed by atoms with van der Waals surface area (Å²) in [5.74, 6) is 1.33. The van der Waals surface area contributed by atoms with Gasteiger partial charge in [0.2, 0.25) is 0 Å². The average molecular weight is 373 g/mol. The maximum atomic E-state index is 11.5. The summed E-state index contributed by atoms with van der Waals surface area (Å²) in [4.78, 5) is 23.2. The summed E-state index contributed by atoms with van der Waals surface area (Å²) in [7, 11) is 3.14. The molecule has 1 fully saturated rings. The molecular weight excluding hydrogens is 354 g/mol. The van der Waals surface area contributed by atoms with E-state index < -0.39 is 9.85 Å². The van der Waals surface area contributed by atoms with Gasteiger partial charge in [0.05, 0.1) is 36.2 Å². The third-order valence-electron chi connectivity index (χ3n) is 4.72. The lowest BCUT2D eigenvalue weighted by molar-refractivity contribution is -0.393. The van der Waals surface area contributed by atoms with Crippen LogP contribution in [0.2, 0.25) is 0 Å². The van der Waals surface area contributed by atoms with Crippen LogP contribution < -0.4 is 14.4 Å². The summed E-state index contributed by atoms with van der Waals surface area (Å²) in [5, 5.41) is 22.5. The van der Waals surface area contributed by atoms with Crippen molar-refractivity contribution in [3.63, 3.8) is 0 Å². The predicted molar refractivity (Wildman–Crippen MR) is 98.6 cm³/mol. The molecule has 3 rings (SSSR count). The minimum atomic E-state index is -0.636. The van der Waals surface area contributed by atoms with E-state index in [4.69, 9.17) is 9.47 Å². The van der Waals surface area contributed by atoms with E-state index in [0.29, 0.717) is 23.7 Å². The van der Waals surface area contributed by atoms with Gasteiger partial charge in [0.15, 0.2) is 0 Å². The number of hydrogen-bond donors (Lipinski definition) is 0. The molecule has 27 heavy (non-hydrogen) atoms. The van der Waals surface area contributed by atoms with Crippen molar-refractivity contribution < 1.29 is 19.3 Å². The molecule has 142 valence electrons. The number of nitro benzene ring substituents is 2. The van der Waals surface area contributed by atoms with Gasteiger partial charge in [0.1, 0.15) is 17.2 Å². The van der Waals surface area contributed by atoms with E-state index in [9.17, 15) is 20.2 Å². The van der Waals surface area contributed by atoms with Crippen LogP contribution in [0.1, 0.15) is 24.4 Å². The second-order valence-electron chi connectivity index (χ2n) is 6.15. The van der Waals surface area contributed by atoms with E-state index in [1.165, 1.54) is 12.1 Å². The van der Waals surface area contributed by atoms with Crippen LogP contribution in [0.5, 0.6) is 11.5 Å². The predicted octanol–water partition coefficient (Wildman–Crippen LogP) is 3.86. The fourth-order valence-corrected chi connectivity index (χ4v) is 3.49. The number of ether oxygens (including phenoxy) is 2. The Labute approximate surface area is 155 Å². The maximum absolute atomic E-state index is 11.5. The lowest BCUT2D eigenvalue weighted by Gasteiger charge is -2.28. The molecule has 0 aliphatic carbocycles. The number of benzene rings is 2. The van der Waals surface area contributed by atoms with E-state index in [-0.39, 0.29) is 17.4 Å². The molecule has 1 aliphatic heterocycles. The molecule has 1 atom stereocenters. The number of anilines is 1. The monoisotopic (exact) mass is 373 g/mol. The van der Waals surface area contributed by atoms with Gasteiger partial charge in [0, 0.05) is 18.2 Å². The van der Waals surface area contributed by atoms with E-state index >= 15 is 0 Å². The summed E-state index contributed by atoms with van der Waals surface area (Å²) >= 11 is 0. The van der Waals surface area contributed by atoms with Crippen LogP contribution in [-0.4, -0.2) is 30.6 Å². The van der Waals surface area contributed by atoms with E-state index in [1.807, 2.05) is 11.0 Å². The minimum absolute atomic E-state index is 0.157. The number of nitrogens with zero attached hydrogens (tertiary/aromatic N) is 3. The zero-order valence-electron chi connectivity index (χ0n) is 15.0. The summed E-state index contributed by atoms with van der Waals surface area (Å²) < 4.78 is 10.8. The van der Waals surface area contributed by atoms with Crippen molar-refractivity contribution >= 4 is 17.1 Å². The van der Waals surface area contributed by atoms with Crippen LogP contribution in [0, 0.1) is 20.2 Å². The Morgan fingerprint density at radius 1 is 1.04 bits per heavy atom. The van der Waals surface area contributed by atoms with Crippen molar-refractivity contribution in [1.82, 2.24) is 0 Å². The number of nitro groups is 2. The quantitative estimate of drug-likeness (QED) is 0.559. The molecule has 0 spiro atoms. The molecule has 0 amide bonds. The van der Waals surface area contributed by atoms with Gasteiger partial charge in [-0.25, -0.2) is 0 Å². The van der Waals surface area contributed by atoms with Crippen molar-refractivity contribution in [3.05, 3.63) is 62.2 Å². The van der Waals surface area contributed by atoms with Gasteiger partial charge in [-0.15, -0.1) is 0 Å². The SMILES string of the molecule is COc1ccc(OC)c([C@H]2CCCN2c2ccc([N+](=O)[O-])cc2[N+](=O)[O-])c1. The zero-order valence-corrected chi connectivity index (χ0v) is 15.0. The normalized spacial score (nSPS) is 16.2. The highest BCUT2D eigenvalue weighted by atomic mass is 16.6. The molecule has 0 aromatic heterocycles. The Hall–Kier alpha value is -3.36. The molecule has 1 heterocycles. The molecule has 0 N–H and O–H groups in total. The molecule has 1 saturated heterocycles. The molecule has 0 radical (unpaired) electrons. The van der Waals surface area contributed by atoms with Crippen LogP contribution in [0.15, 0.2) is 36.4 Å². The first kappa shape index (κ1) is 18.4. The maximum Gasteiger partial charge on any atom is 0.299 e. The van der Waals surface area contributed by atoms with Crippen LogP contribution in [0.25, 0.3) is 0 Å². The molecule has 2 aromatic carbocycles. The van der Waals surface area contributed by atoms with Crippen LogP contribution in [0.4, 0.5) is 17.1 Å². The Morgan fingerprint density at radius 3 is 2.44 bits per heavy atom. The molecule has 2 aromatic rings. The Morgan fingerprint density at radius 2 is 1.81 bits per heavy atom. The number of non-ortho nitro benzene ring substituents is 1. The van der Waals surface area contributed by atoms with E-state index in [1.54, 1.807) is 26.4 Å². The van der Waals surface area contributed by atoms with Gasteiger partial charge >= 0.3 is 0 Å². The Bertz CT molecular complexity index is 885. The Balaban J connectivity index is 2.08. The Kier molecular flexibility index (Phi) is 5.11. The van der Waals surface area contributed by atoms with Crippen molar-refractivity contribution in [2.24, 2.45) is 0 Å². The molecule has 0 bridgehead atoms. The van der Waals surface area contributed by atoms with Crippen LogP contribution >= 0.6 is 0 Å². The number of methoxy groups -OCH3 is 2. The van der Waals surface area contributed by atoms with Crippen molar-refractivity contribution in [2.75, 3.05) is 25.7 Å². The zero-order chi connectivity index (χ0) is 19.6. The average Bonchev–Trinajstić information content (AvgIpc) is 3.16. The summed E-state index contributed by atoms with van der Waals surface area (Å²) in [5.41, 5.74) is 0.637. The first-order valence-electron chi connectivity index (χ1n) is 8.37. The molecule has 9 nitrogen and oxygen atoms in total.